The molecule has 1 aliphatic heterocycles. The summed E-state index contributed by atoms with van der Waals surface area (Å²) in [4.78, 5) is 26.2. The number of nitrogens with one attached hydrogen (secondary N) is 1. The average molecular weight is 375 g/mol. The van der Waals surface area contributed by atoms with Crippen LogP contribution in [0.25, 0.3) is 0 Å². The molecule has 136 valence electrons. The molecule has 1 aromatic heterocycles. The van der Waals surface area contributed by atoms with E-state index in [9.17, 15) is 9.59 Å². The largest absolute Gasteiger partial charge is 0.482 e. The number of halogens is 1. The van der Waals surface area contributed by atoms with Crippen molar-refractivity contribution in [3.63, 3.8) is 0 Å². The Hall–Kier alpha value is -2.54. The second-order valence-corrected chi connectivity index (χ2v) is 6.96. The van der Waals surface area contributed by atoms with Crippen LogP contribution in [-0.2, 0) is 9.59 Å². The molecular weight excluding hydrogens is 356 g/mol. The number of aromatic nitrogens is 2. The number of benzene rings is 1. The Morgan fingerprint density at radius 3 is 2.92 bits per heavy atom. The van der Waals surface area contributed by atoms with Crippen LogP contribution in [0.15, 0.2) is 30.5 Å². The van der Waals surface area contributed by atoms with E-state index in [1.54, 1.807) is 30.5 Å². The molecule has 2 amide bonds. The number of ether oxygens (including phenoxy) is 1. The van der Waals surface area contributed by atoms with Crippen molar-refractivity contribution in [2.24, 2.45) is 0 Å². The molecule has 0 atom stereocenters. The summed E-state index contributed by atoms with van der Waals surface area (Å²) < 4.78 is 7.27. The minimum absolute atomic E-state index is 0.0953. The fraction of sp³-hybridized carbons (Fsp3) is 0.389. The molecule has 1 N–H and O–H groups in total. The van der Waals surface area contributed by atoms with Crippen LogP contribution in [0.4, 0.5) is 11.5 Å². The molecule has 1 fully saturated rings. The molecule has 26 heavy (non-hydrogen) atoms. The molecule has 0 radical (unpaired) electrons. The monoisotopic (exact) mass is 374 g/mol. The predicted molar refractivity (Wildman–Crippen MR) is 97.7 cm³/mol. The maximum absolute atomic E-state index is 12.6. The molecule has 1 saturated carbocycles. The van der Waals surface area contributed by atoms with Gasteiger partial charge in [0.15, 0.2) is 6.61 Å². The van der Waals surface area contributed by atoms with Gasteiger partial charge in [0.2, 0.25) is 5.91 Å². The second-order valence-electron chi connectivity index (χ2n) is 6.53. The maximum atomic E-state index is 12.6. The SMILES string of the molecule is O=C(CN1C(=O)COc2ccc(Cl)cc21)Nc1ccnn1C1CCCC1. The number of nitrogens with zero attached hydrogens (tertiary/aromatic N) is 3. The lowest BCUT2D eigenvalue weighted by atomic mass is 10.2. The van der Waals surface area contributed by atoms with Crippen LogP contribution in [0.3, 0.4) is 0 Å². The highest BCUT2D eigenvalue weighted by molar-refractivity contribution is 6.31. The van der Waals surface area contributed by atoms with Crippen LogP contribution < -0.4 is 15.0 Å². The van der Waals surface area contributed by atoms with Crippen molar-refractivity contribution in [3.8, 4) is 5.75 Å². The molecule has 0 bridgehead atoms. The van der Waals surface area contributed by atoms with E-state index in [0.717, 1.165) is 12.8 Å². The van der Waals surface area contributed by atoms with Crippen molar-refractivity contribution in [2.45, 2.75) is 31.7 Å². The predicted octanol–water partition coefficient (Wildman–Crippen LogP) is 3.02. The first-order valence-corrected chi connectivity index (χ1v) is 9.06. The van der Waals surface area contributed by atoms with E-state index in [2.05, 4.69) is 10.4 Å². The van der Waals surface area contributed by atoms with Crippen molar-refractivity contribution < 1.29 is 14.3 Å². The van der Waals surface area contributed by atoms with Gasteiger partial charge in [-0.25, -0.2) is 4.68 Å². The molecule has 0 spiro atoms. The highest BCUT2D eigenvalue weighted by Crippen LogP contribution is 2.34. The summed E-state index contributed by atoms with van der Waals surface area (Å²) in [6.07, 6.45) is 6.18. The number of fused-ring (bicyclic) bond motifs is 1. The fourth-order valence-electron chi connectivity index (χ4n) is 3.53. The van der Waals surface area contributed by atoms with Crippen LogP contribution in [0.1, 0.15) is 31.7 Å². The molecule has 2 aliphatic rings. The summed E-state index contributed by atoms with van der Waals surface area (Å²) in [6.45, 7) is -0.201. The van der Waals surface area contributed by atoms with Gasteiger partial charge in [-0.2, -0.15) is 5.10 Å². The van der Waals surface area contributed by atoms with Crippen LogP contribution in [0.2, 0.25) is 5.02 Å². The minimum atomic E-state index is -0.286. The van der Waals surface area contributed by atoms with Gasteiger partial charge < -0.3 is 10.1 Å². The molecule has 1 aromatic carbocycles. The Kier molecular flexibility index (Phi) is 4.55. The molecule has 8 heteroatoms. The molecule has 2 aromatic rings. The van der Waals surface area contributed by atoms with Crippen molar-refractivity contribution in [2.75, 3.05) is 23.4 Å². The standard InChI is InChI=1S/C18H19ClN4O3/c19-12-5-6-15-14(9-12)22(18(25)11-26-15)10-17(24)21-16-7-8-20-23(16)13-3-1-2-4-13/h5-9,13H,1-4,10-11H2,(H,21,24). The van der Waals surface area contributed by atoms with Crippen molar-refractivity contribution in [3.05, 3.63) is 35.5 Å². The average Bonchev–Trinajstić information content (AvgIpc) is 3.29. The summed E-state index contributed by atoms with van der Waals surface area (Å²) in [6, 6.07) is 7.12. The number of hydrogen-bond acceptors (Lipinski definition) is 4. The van der Waals surface area contributed by atoms with E-state index in [4.69, 9.17) is 16.3 Å². The van der Waals surface area contributed by atoms with Gasteiger partial charge in [0.05, 0.1) is 17.9 Å². The van der Waals surface area contributed by atoms with E-state index in [-0.39, 0.29) is 25.0 Å². The smallest absolute Gasteiger partial charge is 0.265 e. The lowest BCUT2D eigenvalue weighted by Crippen LogP contribution is -2.43. The van der Waals surface area contributed by atoms with Gasteiger partial charge in [0.1, 0.15) is 18.1 Å². The summed E-state index contributed by atoms with van der Waals surface area (Å²) in [5.41, 5.74) is 0.508. The summed E-state index contributed by atoms with van der Waals surface area (Å²) in [7, 11) is 0. The summed E-state index contributed by atoms with van der Waals surface area (Å²) in [5.74, 6) is 0.636. The first kappa shape index (κ1) is 16.9. The van der Waals surface area contributed by atoms with Crippen LogP contribution in [0, 0.1) is 0 Å². The van der Waals surface area contributed by atoms with E-state index in [1.165, 1.54) is 17.7 Å². The zero-order valence-electron chi connectivity index (χ0n) is 14.2. The van der Waals surface area contributed by atoms with Gasteiger partial charge in [-0.3, -0.25) is 14.5 Å². The van der Waals surface area contributed by atoms with Gasteiger partial charge in [-0.05, 0) is 31.0 Å². The number of hydrogen-bond donors (Lipinski definition) is 1. The van der Waals surface area contributed by atoms with Gasteiger partial charge in [-0.15, -0.1) is 0 Å². The molecule has 4 rings (SSSR count). The molecule has 7 nitrogen and oxygen atoms in total. The van der Waals surface area contributed by atoms with Crippen molar-refractivity contribution in [1.82, 2.24) is 9.78 Å². The number of amides is 2. The van der Waals surface area contributed by atoms with E-state index in [0.29, 0.717) is 28.3 Å². The minimum Gasteiger partial charge on any atom is -0.482 e. The third-order valence-electron chi connectivity index (χ3n) is 4.77. The second kappa shape index (κ2) is 6.99. The number of carbonyl (C=O) groups excluding carboxylic acids is 2. The third kappa shape index (κ3) is 3.26. The van der Waals surface area contributed by atoms with Crippen LogP contribution >= 0.6 is 11.6 Å². The summed E-state index contributed by atoms with van der Waals surface area (Å²) >= 11 is 6.03. The topological polar surface area (TPSA) is 76.5 Å². The van der Waals surface area contributed by atoms with Crippen molar-refractivity contribution in [1.29, 1.82) is 0 Å². The van der Waals surface area contributed by atoms with Gasteiger partial charge >= 0.3 is 0 Å². The van der Waals surface area contributed by atoms with Crippen LogP contribution in [-0.4, -0.2) is 34.7 Å². The number of rotatable bonds is 4. The Balaban J connectivity index is 1.50. The van der Waals surface area contributed by atoms with Crippen molar-refractivity contribution >= 4 is 34.9 Å². The first-order valence-electron chi connectivity index (χ1n) is 8.68. The Morgan fingerprint density at radius 2 is 2.12 bits per heavy atom. The molecule has 0 unspecified atom stereocenters. The van der Waals surface area contributed by atoms with E-state index < -0.39 is 0 Å². The van der Waals surface area contributed by atoms with Gasteiger partial charge in [0.25, 0.3) is 5.91 Å². The highest BCUT2D eigenvalue weighted by atomic mass is 35.5. The van der Waals surface area contributed by atoms with Gasteiger partial charge in [-0.1, -0.05) is 24.4 Å². The number of anilines is 2. The highest BCUT2D eigenvalue weighted by Gasteiger charge is 2.28. The van der Waals surface area contributed by atoms with Gasteiger partial charge in [0, 0.05) is 11.1 Å². The lowest BCUT2D eigenvalue weighted by Gasteiger charge is -2.29. The Morgan fingerprint density at radius 1 is 1.31 bits per heavy atom. The first-order chi connectivity index (χ1) is 12.6. The van der Waals surface area contributed by atoms with E-state index >= 15 is 0 Å². The Bertz CT molecular complexity index is 845. The zero-order chi connectivity index (χ0) is 18.1. The lowest BCUT2D eigenvalue weighted by molar-refractivity contribution is -0.123. The number of carbonyl (C=O) groups is 2. The normalized spacial score (nSPS) is 17.1. The molecular formula is C18H19ClN4O3. The van der Waals surface area contributed by atoms with E-state index in [1.807, 2.05) is 4.68 Å². The van der Waals surface area contributed by atoms with Crippen LogP contribution in [0.5, 0.6) is 5.75 Å². The third-order valence-corrected chi connectivity index (χ3v) is 5.01. The maximum Gasteiger partial charge on any atom is 0.265 e. The Labute approximate surface area is 155 Å². The summed E-state index contributed by atoms with van der Waals surface area (Å²) in [5, 5.41) is 7.70. The quantitative estimate of drug-likeness (QED) is 0.892. The zero-order valence-corrected chi connectivity index (χ0v) is 14.9. The molecule has 0 saturated heterocycles. The molecule has 1 aliphatic carbocycles. The fourth-order valence-corrected chi connectivity index (χ4v) is 3.69. The molecule has 2 heterocycles.